The number of aromatic nitrogens is 1. The number of rotatable bonds is 7. The lowest BCUT2D eigenvalue weighted by atomic mass is 9.33. The molecule has 0 saturated heterocycles. The van der Waals surface area contributed by atoms with Crippen LogP contribution in [0.1, 0.15) is 25.0 Å². The predicted octanol–water partition coefficient (Wildman–Crippen LogP) is 12.9. The maximum Gasteiger partial charge on any atom is 0.252 e. The first kappa shape index (κ1) is 39.8. The molecule has 0 fully saturated rings. The highest BCUT2D eigenvalue weighted by molar-refractivity contribution is 7.00. The molecule has 7 nitrogen and oxygen atoms in total. The van der Waals surface area contributed by atoms with Crippen molar-refractivity contribution in [3.8, 4) is 0 Å². The minimum Gasteiger partial charge on any atom is -0.361 e. The van der Waals surface area contributed by atoms with Crippen LogP contribution in [0.5, 0.6) is 0 Å². The molecule has 13 rings (SSSR count). The normalized spacial score (nSPS) is 14.8. The van der Waals surface area contributed by atoms with Gasteiger partial charge in [0.15, 0.2) is 0 Å². The van der Waals surface area contributed by atoms with Gasteiger partial charge in [-0.3, -0.25) is 4.90 Å². The summed E-state index contributed by atoms with van der Waals surface area (Å²) in [5, 5.41) is 0. The molecule has 326 valence electrons. The first-order valence-electron chi connectivity index (χ1n) is 23.5. The van der Waals surface area contributed by atoms with Crippen molar-refractivity contribution in [2.24, 2.45) is 0 Å². The zero-order chi connectivity index (χ0) is 45.5. The Bertz CT molecular complexity index is 3320. The quantitative estimate of drug-likeness (QED) is 0.148. The molecular formula is C60H48BN7. The second-order valence-electron chi connectivity index (χ2n) is 18.7. The summed E-state index contributed by atoms with van der Waals surface area (Å²) in [5.74, 6) is 0.825. The minimum absolute atomic E-state index is 0.0119. The molecule has 0 aliphatic carbocycles. The van der Waals surface area contributed by atoms with E-state index in [9.17, 15) is 0 Å². The lowest BCUT2D eigenvalue weighted by molar-refractivity contribution is 0.495. The van der Waals surface area contributed by atoms with Gasteiger partial charge in [0, 0.05) is 82.2 Å². The molecule has 8 aromatic carbocycles. The third-order valence-corrected chi connectivity index (χ3v) is 14.3. The summed E-state index contributed by atoms with van der Waals surface area (Å²) in [6, 6.07) is 75.4. The molecule has 8 heteroatoms. The van der Waals surface area contributed by atoms with E-state index in [-0.39, 0.29) is 12.1 Å². The van der Waals surface area contributed by atoms with Gasteiger partial charge < -0.3 is 24.5 Å². The summed E-state index contributed by atoms with van der Waals surface area (Å²) in [5.41, 5.74) is 19.6. The van der Waals surface area contributed by atoms with E-state index in [0.29, 0.717) is 0 Å². The van der Waals surface area contributed by atoms with Crippen LogP contribution < -0.4 is 40.9 Å². The van der Waals surface area contributed by atoms with Gasteiger partial charge in [-0.2, -0.15) is 0 Å². The standard InChI is InChI=1S/C60H48BN7/c1-60(2)48-25-10-13-28-52(48)68(55-38-44(32-33-49(55)60)64-36-35-63(3)41-64)46-24-18-23-45(37-46)65(58-31-16-17-34-62-58)47-39-56-59-57(40-47)67(43-21-8-5-9-22-43)54-30-15-12-27-51(54)61(59)50-26-11-14-29-53(50)66(56)42-19-6-4-7-20-42/h4-40H,41H2,1-3H3. The molecule has 0 bridgehead atoms. The SMILES string of the molecule is CN1C=CN(c2ccc3c(c2)N(c2cccc(N(c4cc5c6c(c4)N(c4ccccc4)c4ccccc4B6c4ccccc4N5c4ccccc4)c4ccccn4)c2)c2ccccc2C3(C)C)C1. The van der Waals surface area contributed by atoms with E-state index in [1.165, 1.54) is 50.3 Å². The van der Waals surface area contributed by atoms with Crippen LogP contribution in [0, 0.1) is 0 Å². The Labute approximate surface area is 398 Å². The molecule has 0 spiro atoms. The van der Waals surface area contributed by atoms with Crippen molar-refractivity contribution in [1.82, 2.24) is 9.88 Å². The van der Waals surface area contributed by atoms with Crippen molar-refractivity contribution < 1.29 is 0 Å². The van der Waals surface area contributed by atoms with Crippen molar-refractivity contribution in [1.29, 1.82) is 0 Å². The van der Waals surface area contributed by atoms with Crippen molar-refractivity contribution in [3.63, 3.8) is 0 Å². The first-order chi connectivity index (χ1) is 33.4. The minimum atomic E-state index is -0.217. The van der Waals surface area contributed by atoms with Gasteiger partial charge in [0.05, 0.1) is 23.7 Å². The van der Waals surface area contributed by atoms with E-state index in [4.69, 9.17) is 4.98 Å². The maximum absolute atomic E-state index is 5.12. The van der Waals surface area contributed by atoms with Crippen LogP contribution in [0.2, 0.25) is 0 Å². The van der Waals surface area contributed by atoms with Crippen molar-refractivity contribution in [3.05, 3.63) is 236 Å². The molecule has 1 aromatic heterocycles. The summed E-state index contributed by atoms with van der Waals surface area (Å²) in [6.07, 6.45) is 6.20. The molecule has 4 aliphatic heterocycles. The fourth-order valence-electron chi connectivity index (χ4n) is 11.3. The van der Waals surface area contributed by atoms with Crippen LogP contribution in [0.3, 0.4) is 0 Å². The number of hydrogen-bond donors (Lipinski definition) is 0. The Kier molecular flexibility index (Phi) is 9.12. The Hall–Kier alpha value is -8.49. The lowest BCUT2D eigenvalue weighted by Gasteiger charge is -2.45. The van der Waals surface area contributed by atoms with Gasteiger partial charge in [0.1, 0.15) is 5.82 Å². The maximum atomic E-state index is 5.12. The Morgan fingerprint density at radius 3 is 1.66 bits per heavy atom. The molecule has 0 atom stereocenters. The Morgan fingerprint density at radius 1 is 0.456 bits per heavy atom. The average molecular weight is 878 g/mol. The van der Waals surface area contributed by atoms with Gasteiger partial charge >= 0.3 is 0 Å². The van der Waals surface area contributed by atoms with Crippen LogP contribution in [-0.2, 0) is 5.41 Å². The van der Waals surface area contributed by atoms with E-state index in [1.54, 1.807) is 0 Å². The van der Waals surface area contributed by atoms with Crippen molar-refractivity contribution >= 4 is 97.2 Å². The van der Waals surface area contributed by atoms with Crippen LogP contribution in [0.4, 0.5) is 74.1 Å². The predicted molar refractivity (Wildman–Crippen MR) is 284 cm³/mol. The van der Waals surface area contributed by atoms with Crippen LogP contribution in [0.25, 0.3) is 0 Å². The van der Waals surface area contributed by atoms with Crippen LogP contribution >= 0.6 is 0 Å². The number of para-hydroxylation sites is 5. The van der Waals surface area contributed by atoms with E-state index < -0.39 is 0 Å². The highest BCUT2D eigenvalue weighted by Gasteiger charge is 2.44. The molecule has 5 heterocycles. The van der Waals surface area contributed by atoms with Gasteiger partial charge in [-0.05, 0) is 125 Å². The molecule has 4 aliphatic rings. The van der Waals surface area contributed by atoms with E-state index in [2.05, 4.69) is 263 Å². The molecule has 0 N–H and O–H groups in total. The van der Waals surface area contributed by atoms with Crippen LogP contribution in [-0.4, -0.2) is 30.3 Å². The van der Waals surface area contributed by atoms with Gasteiger partial charge in [-0.1, -0.05) is 123 Å². The molecule has 9 aromatic rings. The summed E-state index contributed by atoms with van der Waals surface area (Å²) in [4.78, 5) is 19.4. The third kappa shape index (κ3) is 6.17. The molecule has 0 unspecified atom stereocenters. The number of hydrogen-bond acceptors (Lipinski definition) is 7. The highest BCUT2D eigenvalue weighted by Crippen LogP contribution is 2.54. The topological polar surface area (TPSA) is 32.3 Å². The Balaban J connectivity index is 1.06. The van der Waals surface area contributed by atoms with Crippen LogP contribution in [0.15, 0.2) is 225 Å². The summed E-state index contributed by atoms with van der Waals surface area (Å²) < 4.78 is 0. The zero-order valence-electron chi connectivity index (χ0n) is 38.3. The van der Waals surface area contributed by atoms with E-state index in [1.807, 2.05) is 12.3 Å². The fourth-order valence-corrected chi connectivity index (χ4v) is 11.3. The number of fused-ring (bicyclic) bond motifs is 6. The zero-order valence-corrected chi connectivity index (χ0v) is 38.3. The van der Waals surface area contributed by atoms with Crippen molar-refractivity contribution in [2.45, 2.75) is 19.3 Å². The molecule has 0 radical (unpaired) electrons. The monoisotopic (exact) mass is 877 g/mol. The number of benzene rings is 8. The molecule has 0 saturated carbocycles. The van der Waals surface area contributed by atoms with E-state index in [0.717, 1.165) is 58.0 Å². The summed E-state index contributed by atoms with van der Waals surface area (Å²) in [7, 11) is 2.12. The van der Waals surface area contributed by atoms with Gasteiger partial charge in [-0.25, -0.2) is 4.98 Å². The number of anilines is 13. The largest absolute Gasteiger partial charge is 0.361 e. The van der Waals surface area contributed by atoms with Gasteiger partial charge in [-0.15, -0.1) is 0 Å². The number of pyridine rings is 1. The Morgan fingerprint density at radius 2 is 1.03 bits per heavy atom. The van der Waals surface area contributed by atoms with Gasteiger partial charge in [0.2, 0.25) is 0 Å². The lowest BCUT2D eigenvalue weighted by Crippen LogP contribution is -2.61. The summed E-state index contributed by atoms with van der Waals surface area (Å²) in [6.45, 7) is 5.52. The second-order valence-corrected chi connectivity index (χ2v) is 18.7. The second kappa shape index (κ2) is 15.6. The van der Waals surface area contributed by atoms with E-state index >= 15 is 0 Å². The molecule has 68 heavy (non-hydrogen) atoms. The van der Waals surface area contributed by atoms with Crippen molar-refractivity contribution in [2.75, 3.05) is 38.2 Å². The first-order valence-corrected chi connectivity index (χ1v) is 23.5. The van der Waals surface area contributed by atoms with Gasteiger partial charge in [0.25, 0.3) is 6.71 Å². The highest BCUT2D eigenvalue weighted by atomic mass is 15.3. The molecule has 0 amide bonds. The summed E-state index contributed by atoms with van der Waals surface area (Å²) >= 11 is 0. The average Bonchev–Trinajstić information content (AvgIpc) is 3.83. The smallest absolute Gasteiger partial charge is 0.252 e. The number of nitrogens with zero attached hydrogens (tertiary/aromatic N) is 7. The molecular weight excluding hydrogens is 830 g/mol. The fraction of sp³-hybridized carbons (Fsp3) is 0.0833. The third-order valence-electron chi connectivity index (χ3n) is 14.3.